The summed E-state index contributed by atoms with van der Waals surface area (Å²) in [7, 11) is 1.67. The zero-order chi connectivity index (χ0) is 11.6. The lowest BCUT2D eigenvalue weighted by Gasteiger charge is -2.07. The highest BCUT2D eigenvalue weighted by Gasteiger charge is 1.92. The lowest BCUT2D eigenvalue weighted by atomic mass is 10.3. The van der Waals surface area contributed by atoms with Crippen molar-refractivity contribution in [3.8, 4) is 0 Å². The van der Waals surface area contributed by atoms with Crippen LogP contribution in [0, 0.1) is 0 Å². The monoisotopic (exact) mass is 224 g/mol. The maximum atomic E-state index is 5.59. The maximum absolute atomic E-state index is 5.59. The Morgan fingerprint density at radius 1 is 1.12 bits per heavy atom. The number of nitrogens with one attached hydrogen (secondary N) is 1. The fourth-order valence-electron chi connectivity index (χ4n) is 1.25. The molecule has 3 N–H and O–H groups in total. The van der Waals surface area contributed by atoms with E-state index in [9.17, 15) is 0 Å². The minimum atomic E-state index is 0.658. The second kappa shape index (κ2) is 7.96. The topological polar surface area (TPSA) is 56.5 Å². The molecule has 0 spiro atoms. The highest BCUT2D eigenvalue weighted by atomic mass is 16.5. The van der Waals surface area contributed by atoms with Crippen LogP contribution in [0.25, 0.3) is 0 Å². The molecule has 0 bridgehead atoms. The highest BCUT2D eigenvalue weighted by Crippen LogP contribution is 2.09. The summed E-state index contributed by atoms with van der Waals surface area (Å²) in [6.07, 6.45) is 0.980. The molecule has 4 heteroatoms. The lowest BCUT2D eigenvalue weighted by molar-refractivity contribution is 0.0705. The van der Waals surface area contributed by atoms with Crippen molar-refractivity contribution in [3.05, 3.63) is 24.3 Å². The van der Waals surface area contributed by atoms with Gasteiger partial charge in [-0.1, -0.05) is 0 Å². The number of anilines is 2. The van der Waals surface area contributed by atoms with E-state index in [-0.39, 0.29) is 0 Å². The smallest absolute Gasteiger partial charge is 0.0700 e. The third-order valence-corrected chi connectivity index (χ3v) is 2.14. The average molecular weight is 224 g/mol. The van der Waals surface area contributed by atoms with Gasteiger partial charge < -0.3 is 20.5 Å². The molecule has 16 heavy (non-hydrogen) atoms. The summed E-state index contributed by atoms with van der Waals surface area (Å²) in [6, 6.07) is 7.72. The standard InChI is InChI=1S/C12H20N2O2/c1-15-9-10-16-8-2-7-14-12-5-3-11(13)4-6-12/h3-6,14H,2,7-10,13H2,1H3. The van der Waals surface area contributed by atoms with Gasteiger partial charge in [0.15, 0.2) is 0 Å². The number of benzene rings is 1. The van der Waals surface area contributed by atoms with Crippen molar-refractivity contribution in [1.29, 1.82) is 0 Å². The first kappa shape index (κ1) is 12.8. The van der Waals surface area contributed by atoms with Crippen LogP contribution in [0.5, 0.6) is 0 Å². The van der Waals surface area contributed by atoms with E-state index in [4.69, 9.17) is 15.2 Å². The molecule has 0 aliphatic heterocycles. The fraction of sp³-hybridized carbons (Fsp3) is 0.500. The van der Waals surface area contributed by atoms with Crippen molar-refractivity contribution >= 4 is 11.4 Å². The van der Waals surface area contributed by atoms with Gasteiger partial charge in [0.25, 0.3) is 0 Å². The molecule has 90 valence electrons. The van der Waals surface area contributed by atoms with Crippen molar-refractivity contribution < 1.29 is 9.47 Å². The van der Waals surface area contributed by atoms with Gasteiger partial charge in [0.2, 0.25) is 0 Å². The van der Waals surface area contributed by atoms with Gasteiger partial charge in [-0.2, -0.15) is 0 Å². The van der Waals surface area contributed by atoms with E-state index in [0.29, 0.717) is 13.2 Å². The van der Waals surface area contributed by atoms with Crippen molar-refractivity contribution in [3.63, 3.8) is 0 Å². The van der Waals surface area contributed by atoms with Crippen molar-refractivity contribution in [2.45, 2.75) is 6.42 Å². The zero-order valence-electron chi connectivity index (χ0n) is 9.74. The lowest BCUT2D eigenvalue weighted by Crippen LogP contribution is -2.08. The summed E-state index contributed by atoms with van der Waals surface area (Å²) in [5, 5.41) is 3.30. The zero-order valence-corrected chi connectivity index (χ0v) is 9.74. The molecule has 0 radical (unpaired) electrons. The highest BCUT2D eigenvalue weighted by molar-refractivity contribution is 5.50. The Labute approximate surface area is 96.7 Å². The van der Waals surface area contributed by atoms with E-state index < -0.39 is 0 Å². The molecule has 0 atom stereocenters. The van der Waals surface area contributed by atoms with Gasteiger partial charge >= 0.3 is 0 Å². The van der Waals surface area contributed by atoms with Crippen LogP contribution in [0.1, 0.15) is 6.42 Å². The molecule has 1 aromatic carbocycles. The van der Waals surface area contributed by atoms with E-state index in [0.717, 1.165) is 30.9 Å². The predicted octanol–water partition coefficient (Wildman–Crippen LogP) is 1.73. The molecule has 0 saturated carbocycles. The van der Waals surface area contributed by atoms with Gasteiger partial charge in [-0.05, 0) is 30.7 Å². The summed E-state index contributed by atoms with van der Waals surface area (Å²) in [6.45, 7) is 2.98. The molecule has 0 aromatic heterocycles. The Balaban J connectivity index is 2.01. The molecule has 0 aliphatic carbocycles. The van der Waals surface area contributed by atoms with Crippen molar-refractivity contribution in [2.75, 3.05) is 44.5 Å². The van der Waals surface area contributed by atoms with Crippen LogP contribution in [0.2, 0.25) is 0 Å². The molecular formula is C12H20N2O2. The summed E-state index contributed by atoms with van der Waals surface area (Å²) < 4.78 is 10.2. The minimum Gasteiger partial charge on any atom is -0.399 e. The number of nitrogen functional groups attached to an aromatic ring is 1. The first-order chi connectivity index (χ1) is 7.83. The maximum Gasteiger partial charge on any atom is 0.0700 e. The van der Waals surface area contributed by atoms with Crippen LogP contribution in [-0.2, 0) is 9.47 Å². The molecule has 1 rings (SSSR count). The van der Waals surface area contributed by atoms with Crippen LogP contribution < -0.4 is 11.1 Å². The Kier molecular flexibility index (Phi) is 6.37. The van der Waals surface area contributed by atoms with Crippen LogP contribution in [0.15, 0.2) is 24.3 Å². The Hall–Kier alpha value is -1.26. The third kappa shape index (κ3) is 5.58. The van der Waals surface area contributed by atoms with Crippen LogP contribution in [0.3, 0.4) is 0 Å². The second-order valence-electron chi connectivity index (χ2n) is 3.51. The quantitative estimate of drug-likeness (QED) is 0.521. The van der Waals surface area contributed by atoms with Crippen LogP contribution >= 0.6 is 0 Å². The molecule has 0 heterocycles. The van der Waals surface area contributed by atoms with Gasteiger partial charge in [-0.3, -0.25) is 0 Å². The van der Waals surface area contributed by atoms with Gasteiger partial charge in [0, 0.05) is 31.6 Å². The van der Waals surface area contributed by atoms with Gasteiger partial charge in [0.05, 0.1) is 13.2 Å². The van der Waals surface area contributed by atoms with E-state index in [1.165, 1.54) is 0 Å². The van der Waals surface area contributed by atoms with E-state index in [1.807, 2.05) is 24.3 Å². The molecule has 1 aromatic rings. The van der Waals surface area contributed by atoms with E-state index in [1.54, 1.807) is 7.11 Å². The van der Waals surface area contributed by atoms with Gasteiger partial charge in [0.1, 0.15) is 0 Å². The molecule has 0 unspecified atom stereocenters. The SMILES string of the molecule is COCCOCCCNc1ccc(N)cc1. The van der Waals surface area contributed by atoms with Crippen molar-refractivity contribution in [2.24, 2.45) is 0 Å². The summed E-state index contributed by atoms with van der Waals surface area (Å²) in [5.74, 6) is 0. The number of nitrogens with two attached hydrogens (primary N) is 1. The first-order valence-corrected chi connectivity index (χ1v) is 5.49. The predicted molar refractivity (Wildman–Crippen MR) is 66.7 cm³/mol. The number of hydrogen-bond donors (Lipinski definition) is 2. The Morgan fingerprint density at radius 2 is 1.88 bits per heavy atom. The molecule has 4 nitrogen and oxygen atoms in total. The number of methoxy groups -OCH3 is 1. The van der Waals surface area contributed by atoms with Gasteiger partial charge in [-0.25, -0.2) is 0 Å². The summed E-state index contributed by atoms with van der Waals surface area (Å²) >= 11 is 0. The van der Waals surface area contributed by atoms with Crippen LogP contribution in [-0.4, -0.2) is 33.5 Å². The molecule has 0 amide bonds. The number of rotatable bonds is 8. The van der Waals surface area contributed by atoms with Crippen molar-refractivity contribution in [1.82, 2.24) is 0 Å². The molecule has 0 aliphatic rings. The normalized spacial score (nSPS) is 10.3. The molecule has 0 fully saturated rings. The number of ether oxygens (including phenoxy) is 2. The number of hydrogen-bond acceptors (Lipinski definition) is 4. The average Bonchev–Trinajstić information content (AvgIpc) is 2.30. The first-order valence-electron chi connectivity index (χ1n) is 5.49. The van der Waals surface area contributed by atoms with E-state index in [2.05, 4.69) is 5.32 Å². The fourth-order valence-corrected chi connectivity index (χ4v) is 1.25. The Bertz CT molecular complexity index is 275. The van der Waals surface area contributed by atoms with Crippen LogP contribution in [0.4, 0.5) is 11.4 Å². The largest absolute Gasteiger partial charge is 0.399 e. The summed E-state index contributed by atoms with van der Waals surface area (Å²) in [5.41, 5.74) is 7.46. The Morgan fingerprint density at radius 3 is 2.56 bits per heavy atom. The van der Waals surface area contributed by atoms with Gasteiger partial charge in [-0.15, -0.1) is 0 Å². The molecule has 0 saturated heterocycles. The third-order valence-electron chi connectivity index (χ3n) is 2.14. The summed E-state index contributed by atoms with van der Waals surface area (Å²) in [4.78, 5) is 0. The molecular weight excluding hydrogens is 204 g/mol. The minimum absolute atomic E-state index is 0.658. The van der Waals surface area contributed by atoms with E-state index >= 15 is 0 Å². The second-order valence-corrected chi connectivity index (χ2v) is 3.51.